The molecule has 79 heavy (non-hydrogen) atoms. The van der Waals surface area contributed by atoms with Gasteiger partial charge in [0.25, 0.3) is 5.91 Å². The van der Waals surface area contributed by atoms with Crippen molar-refractivity contribution in [2.24, 2.45) is 29.6 Å². The normalized spacial score (nSPS) is 26.5. The molecule has 2 aliphatic rings. The molecule has 8 amide bonds. The van der Waals surface area contributed by atoms with Gasteiger partial charge in [-0.1, -0.05) is 136 Å². The number of amides is 8. The summed E-state index contributed by atoms with van der Waals surface area (Å²) in [6.07, 6.45) is 0.101. The first-order valence-corrected chi connectivity index (χ1v) is 28.3. The maximum atomic E-state index is 15.3. The lowest BCUT2D eigenvalue weighted by Crippen LogP contribution is -2.63. The highest BCUT2D eigenvalue weighted by Crippen LogP contribution is 2.27. The number of nitrogens with zero attached hydrogens (tertiary/aromatic N) is 5. The van der Waals surface area contributed by atoms with Crippen molar-refractivity contribution in [2.75, 3.05) is 34.7 Å². The Morgan fingerprint density at radius 3 is 1.54 bits per heavy atom. The minimum atomic E-state index is -1.97. The van der Waals surface area contributed by atoms with Crippen molar-refractivity contribution in [3.8, 4) is 0 Å². The molecule has 2 saturated heterocycles. The summed E-state index contributed by atoms with van der Waals surface area (Å²) in [4.78, 5) is 140. The fourth-order valence-electron chi connectivity index (χ4n) is 11.0. The molecule has 2 aromatic carbocycles. The highest BCUT2D eigenvalue weighted by atomic mass is 16.6. The van der Waals surface area contributed by atoms with Crippen LogP contribution >= 0.6 is 0 Å². The molecule has 0 bridgehead atoms. The van der Waals surface area contributed by atoms with Crippen LogP contribution in [0.15, 0.2) is 60.7 Å². The summed E-state index contributed by atoms with van der Waals surface area (Å²) in [7, 11) is 5.67. The van der Waals surface area contributed by atoms with E-state index in [1.54, 1.807) is 72.7 Å². The van der Waals surface area contributed by atoms with Crippen molar-refractivity contribution in [3.05, 3.63) is 71.8 Å². The van der Waals surface area contributed by atoms with Gasteiger partial charge in [-0.3, -0.25) is 38.4 Å². The quantitative estimate of drug-likeness (QED) is 0.206. The Kier molecular flexibility index (Phi) is 23.6. The summed E-state index contributed by atoms with van der Waals surface area (Å²) in [6, 6.07) is 8.11. The van der Waals surface area contributed by atoms with Crippen LogP contribution in [-0.2, 0) is 60.7 Å². The average Bonchev–Trinajstić information content (AvgIpc) is 3.89. The molecule has 2 heterocycles. The van der Waals surface area contributed by atoms with Gasteiger partial charge in [-0.25, -0.2) is 4.79 Å². The zero-order valence-corrected chi connectivity index (χ0v) is 49.8. The lowest BCUT2D eigenvalue weighted by atomic mass is 9.93. The number of carbonyl (C=O) groups is 9. The molecular weight excluding hydrogens is 1010 g/mol. The Hall–Kier alpha value is -6.37. The molecule has 0 unspecified atom stereocenters. The number of fused-ring (bicyclic) bond motifs is 1. The Labute approximate surface area is 469 Å². The van der Waals surface area contributed by atoms with Crippen molar-refractivity contribution in [1.82, 2.24) is 40.4 Å². The molecule has 0 saturated carbocycles. The van der Waals surface area contributed by atoms with Crippen LogP contribution in [0.25, 0.3) is 0 Å². The van der Waals surface area contributed by atoms with Crippen LogP contribution in [-0.4, -0.2) is 178 Å². The second-order valence-electron chi connectivity index (χ2n) is 23.7. The molecule has 438 valence electrons. The number of nitrogens with one attached hydrogen (secondary N) is 3. The van der Waals surface area contributed by atoms with E-state index in [0.717, 1.165) is 10.5 Å². The Bertz CT molecular complexity index is 2430. The van der Waals surface area contributed by atoms with Crippen LogP contribution in [0.2, 0.25) is 0 Å². The van der Waals surface area contributed by atoms with E-state index in [0.29, 0.717) is 24.8 Å². The van der Waals surface area contributed by atoms with E-state index in [9.17, 15) is 38.7 Å². The summed E-state index contributed by atoms with van der Waals surface area (Å²) in [5.74, 6) is -8.65. The van der Waals surface area contributed by atoms with E-state index < -0.39 is 137 Å². The van der Waals surface area contributed by atoms with E-state index in [-0.39, 0.29) is 38.1 Å². The second-order valence-corrected chi connectivity index (χ2v) is 23.7. The third-order valence-electron chi connectivity index (χ3n) is 15.8. The first-order chi connectivity index (χ1) is 37.0. The van der Waals surface area contributed by atoms with Gasteiger partial charge in [-0.15, -0.1) is 0 Å². The summed E-state index contributed by atoms with van der Waals surface area (Å²) in [5.41, 5.74) is -0.551. The number of hydrogen-bond acceptors (Lipinski definition) is 11. The summed E-state index contributed by atoms with van der Waals surface area (Å²) in [6.45, 7) is 20.6. The minimum absolute atomic E-state index is 0.00676. The van der Waals surface area contributed by atoms with Crippen molar-refractivity contribution in [2.45, 2.75) is 188 Å². The first kappa shape index (κ1) is 65.2. The third-order valence-corrected chi connectivity index (χ3v) is 15.8. The number of hydrogen-bond donors (Lipinski definition) is 4. The number of cyclic esters (lactones) is 1. The van der Waals surface area contributed by atoms with Gasteiger partial charge in [-0.05, 0) is 74.3 Å². The highest BCUT2D eigenvalue weighted by molar-refractivity contribution is 5.99. The number of rotatable bonds is 13. The fraction of sp³-hybridized carbons (Fsp3) is 0.650. The maximum absolute atomic E-state index is 15.3. The molecule has 0 radical (unpaired) electrons. The Balaban J connectivity index is 1.98. The minimum Gasteiger partial charge on any atom is -0.450 e. The zero-order valence-electron chi connectivity index (χ0n) is 49.8. The van der Waals surface area contributed by atoms with E-state index in [2.05, 4.69) is 16.0 Å². The van der Waals surface area contributed by atoms with Gasteiger partial charge in [-0.2, -0.15) is 0 Å². The van der Waals surface area contributed by atoms with Gasteiger partial charge >= 0.3 is 5.97 Å². The summed E-state index contributed by atoms with van der Waals surface area (Å²) < 4.78 is 6.09. The van der Waals surface area contributed by atoms with Crippen molar-refractivity contribution >= 4 is 53.2 Å². The van der Waals surface area contributed by atoms with Crippen molar-refractivity contribution < 1.29 is 53.0 Å². The molecule has 4 N–H and O–H groups in total. The van der Waals surface area contributed by atoms with Crippen molar-refractivity contribution in [3.63, 3.8) is 0 Å². The van der Waals surface area contributed by atoms with Crippen LogP contribution in [0.3, 0.4) is 0 Å². The molecule has 0 aromatic heterocycles. The second kappa shape index (κ2) is 28.7. The van der Waals surface area contributed by atoms with Gasteiger partial charge < -0.3 is 50.3 Å². The van der Waals surface area contributed by atoms with E-state index in [4.69, 9.17) is 4.74 Å². The molecule has 0 aliphatic carbocycles. The van der Waals surface area contributed by atoms with Crippen LogP contribution in [0.5, 0.6) is 0 Å². The molecule has 19 heteroatoms. The summed E-state index contributed by atoms with van der Waals surface area (Å²) in [5, 5.41) is 20.5. The molecule has 0 spiro atoms. The van der Waals surface area contributed by atoms with Crippen LogP contribution in [0.1, 0.15) is 126 Å². The number of aliphatic hydroxyl groups is 1. The number of esters is 1. The smallest absolute Gasteiger partial charge is 0.332 e. The lowest BCUT2D eigenvalue weighted by molar-refractivity contribution is -0.177. The Morgan fingerprint density at radius 2 is 1.06 bits per heavy atom. The Morgan fingerprint density at radius 1 is 0.582 bits per heavy atom. The monoisotopic (exact) mass is 1100 g/mol. The van der Waals surface area contributed by atoms with Gasteiger partial charge in [0.2, 0.25) is 41.4 Å². The zero-order chi connectivity index (χ0) is 59.4. The van der Waals surface area contributed by atoms with Gasteiger partial charge in [0.1, 0.15) is 42.3 Å². The number of benzene rings is 2. The van der Waals surface area contributed by atoms with Gasteiger partial charge in [0, 0.05) is 53.5 Å². The van der Waals surface area contributed by atoms with E-state index >= 15 is 9.59 Å². The standard InChI is InChI=1S/C60H92N8O11/c1-17-38(9)46-57(75)65(14)47(36(5)6)52(70)61-42(32-35(3)4)55(73)67(16)50(60(11,12)78)59(77)79-49(39(10)18-2)58(76)66(15)48(37(7)8)53(71)62-43(33-40-26-21-19-22-27-40)54(72)64(13)45(34-41-28-23-20-24-29-41)56(74)68-31-25-30-44(68)51(69)63-46/h19-24,26-29,35-39,42-50,78H,17-18,25,30-34H2,1-16H3,(H,61,70)(H,62,71)(H,63,69)/t38-,39-,42-,43-,44-,45-,46-,47-,48-,49+,50+/m0/s1. The van der Waals surface area contributed by atoms with Crippen molar-refractivity contribution in [1.29, 1.82) is 0 Å². The van der Waals surface area contributed by atoms with Crippen LogP contribution in [0, 0.1) is 29.6 Å². The predicted molar refractivity (Wildman–Crippen MR) is 301 cm³/mol. The fourth-order valence-corrected chi connectivity index (χ4v) is 11.0. The molecule has 2 aliphatic heterocycles. The first-order valence-electron chi connectivity index (χ1n) is 28.3. The largest absolute Gasteiger partial charge is 0.450 e. The molecule has 2 aromatic rings. The van der Waals surface area contributed by atoms with Crippen LogP contribution < -0.4 is 16.0 Å². The third kappa shape index (κ3) is 16.4. The highest BCUT2D eigenvalue weighted by Gasteiger charge is 2.48. The van der Waals surface area contributed by atoms with Gasteiger partial charge in [0.05, 0.1) is 5.60 Å². The topological polar surface area (TPSA) is 235 Å². The number of carbonyl (C=O) groups excluding carboxylic acids is 9. The van der Waals surface area contributed by atoms with E-state index in [1.165, 1.54) is 61.6 Å². The van der Waals surface area contributed by atoms with E-state index in [1.807, 2.05) is 57.2 Å². The average molecular weight is 1100 g/mol. The molecule has 4 rings (SSSR count). The van der Waals surface area contributed by atoms with Gasteiger partial charge in [0.15, 0.2) is 12.1 Å². The maximum Gasteiger partial charge on any atom is 0.332 e. The number of ether oxygens (including phenoxy) is 1. The molecule has 11 atom stereocenters. The number of likely N-dealkylation sites (N-methyl/N-ethyl adjacent to an activating group) is 4. The SMILES string of the molecule is CC[C@H](C)[C@@H]1NC(=O)[C@@H]2CCCN2C(=O)[C@H](Cc2ccccc2)N(C)C(=O)[C@H](Cc2ccccc2)NC(=O)[C@H](C(C)C)N(C)C(=O)[C@@H]([C@@H](C)CC)OC(=O)[C@H](C(C)(C)O)N(C)C(=O)[C@H](CC(C)C)NC(=O)[C@H](C(C)C)N(C)C1=O. The summed E-state index contributed by atoms with van der Waals surface area (Å²) >= 11 is 0. The molecule has 19 nitrogen and oxygen atoms in total. The lowest BCUT2D eigenvalue weighted by Gasteiger charge is -2.39. The molecular formula is C60H92N8O11. The predicted octanol–water partition coefficient (Wildman–Crippen LogP) is 4.37. The molecule has 2 fully saturated rings. The van der Waals surface area contributed by atoms with Crippen LogP contribution in [0.4, 0.5) is 0 Å².